The van der Waals surface area contributed by atoms with Gasteiger partial charge in [0.15, 0.2) is 0 Å². The van der Waals surface area contributed by atoms with Gasteiger partial charge in [0.2, 0.25) is 0 Å². The highest BCUT2D eigenvalue weighted by Gasteiger charge is 2.17. The van der Waals surface area contributed by atoms with Crippen molar-refractivity contribution in [3.05, 3.63) is 55.2 Å². The van der Waals surface area contributed by atoms with Gasteiger partial charge in [0, 0.05) is 5.56 Å². The average Bonchev–Trinajstić information content (AvgIpc) is 2.69. The molecule has 1 heterocycles. The lowest BCUT2D eigenvalue weighted by atomic mass is 9.96. The van der Waals surface area contributed by atoms with Gasteiger partial charge in [0.05, 0.1) is 14.7 Å². The van der Waals surface area contributed by atoms with Gasteiger partial charge in [-0.2, -0.15) is 0 Å². The molecule has 2 rings (SSSR count). The molecule has 0 bridgehead atoms. The largest absolute Gasteiger partial charge is 0.271 e. The Labute approximate surface area is 127 Å². The van der Waals surface area contributed by atoms with Crippen molar-refractivity contribution in [3.8, 4) is 0 Å². The van der Waals surface area contributed by atoms with E-state index in [1.807, 2.05) is 6.07 Å². The molecule has 2 aromatic rings. The lowest BCUT2D eigenvalue weighted by Gasteiger charge is -2.17. The number of benzene rings is 1. The van der Waals surface area contributed by atoms with Gasteiger partial charge in [-0.3, -0.25) is 11.3 Å². The van der Waals surface area contributed by atoms with Gasteiger partial charge < -0.3 is 0 Å². The van der Waals surface area contributed by atoms with Crippen molar-refractivity contribution in [3.63, 3.8) is 0 Å². The lowest BCUT2D eigenvalue weighted by molar-refractivity contribution is 0.552. The highest BCUT2D eigenvalue weighted by molar-refractivity contribution is 7.20. The first-order valence-corrected chi connectivity index (χ1v) is 7.55. The minimum atomic E-state index is -0.0308. The van der Waals surface area contributed by atoms with Crippen molar-refractivity contribution < 1.29 is 0 Å². The van der Waals surface area contributed by atoms with Crippen molar-refractivity contribution in [1.29, 1.82) is 0 Å². The summed E-state index contributed by atoms with van der Waals surface area (Å²) in [5, 5.41) is 0. The summed E-state index contributed by atoms with van der Waals surface area (Å²) in [7, 11) is 0. The Kier molecular flexibility index (Phi) is 4.87. The van der Waals surface area contributed by atoms with E-state index in [2.05, 4.69) is 37.5 Å². The zero-order valence-corrected chi connectivity index (χ0v) is 13.2. The standard InChI is InChI=1S/C14H16Cl2N2S/c1-8-3-4-9(2)10(5-8)6-12(18-17)11-7-13(15)19-14(11)16/h3-5,7,12,18H,6,17H2,1-2H3. The van der Waals surface area contributed by atoms with Gasteiger partial charge in [-0.15, -0.1) is 11.3 Å². The van der Waals surface area contributed by atoms with Crippen LogP contribution < -0.4 is 11.3 Å². The predicted octanol–water partition coefficient (Wildman–Crippen LogP) is 4.42. The van der Waals surface area contributed by atoms with Crippen LogP contribution in [-0.2, 0) is 6.42 Å². The van der Waals surface area contributed by atoms with Gasteiger partial charge in [0.1, 0.15) is 0 Å². The Morgan fingerprint density at radius 2 is 2.00 bits per heavy atom. The van der Waals surface area contributed by atoms with E-state index in [1.54, 1.807) is 0 Å². The molecule has 1 atom stereocenters. The van der Waals surface area contributed by atoms with Crippen LogP contribution in [0.1, 0.15) is 28.3 Å². The summed E-state index contributed by atoms with van der Waals surface area (Å²) in [5.74, 6) is 5.67. The maximum absolute atomic E-state index is 6.19. The molecular formula is C14H16Cl2N2S. The Bertz CT molecular complexity index is 581. The molecule has 0 spiro atoms. The number of aryl methyl sites for hydroxylation is 2. The Balaban J connectivity index is 2.29. The van der Waals surface area contributed by atoms with E-state index in [0.29, 0.717) is 8.67 Å². The summed E-state index contributed by atoms with van der Waals surface area (Å²) in [6.07, 6.45) is 0.788. The quantitative estimate of drug-likeness (QED) is 0.647. The summed E-state index contributed by atoms with van der Waals surface area (Å²) < 4.78 is 1.37. The fourth-order valence-electron chi connectivity index (χ4n) is 2.09. The van der Waals surface area contributed by atoms with Crippen molar-refractivity contribution in [2.75, 3.05) is 0 Å². The Morgan fingerprint density at radius 3 is 2.58 bits per heavy atom. The monoisotopic (exact) mass is 314 g/mol. The highest BCUT2D eigenvalue weighted by atomic mass is 35.5. The molecule has 3 N–H and O–H groups in total. The molecule has 0 aliphatic heterocycles. The average molecular weight is 315 g/mol. The molecule has 0 radical (unpaired) electrons. The molecular weight excluding hydrogens is 299 g/mol. The third-order valence-electron chi connectivity index (χ3n) is 3.19. The van der Waals surface area contributed by atoms with Crippen molar-refractivity contribution in [1.82, 2.24) is 5.43 Å². The molecule has 0 saturated heterocycles. The fraction of sp³-hybridized carbons (Fsp3) is 0.286. The second-order valence-electron chi connectivity index (χ2n) is 4.63. The molecule has 0 aliphatic carbocycles. The lowest BCUT2D eigenvalue weighted by Crippen LogP contribution is -2.29. The number of nitrogens with one attached hydrogen (secondary N) is 1. The van der Waals surface area contributed by atoms with E-state index in [4.69, 9.17) is 29.0 Å². The van der Waals surface area contributed by atoms with Gasteiger partial charge in [-0.25, -0.2) is 0 Å². The predicted molar refractivity (Wildman–Crippen MR) is 84.0 cm³/mol. The summed E-state index contributed by atoms with van der Waals surface area (Å²) in [6, 6.07) is 8.27. The van der Waals surface area contributed by atoms with E-state index in [0.717, 1.165) is 12.0 Å². The number of nitrogens with two attached hydrogens (primary N) is 1. The first-order chi connectivity index (χ1) is 9.01. The second-order valence-corrected chi connectivity index (χ2v) is 6.92. The maximum Gasteiger partial charge on any atom is 0.0992 e. The van der Waals surface area contributed by atoms with E-state index in [1.165, 1.54) is 28.0 Å². The van der Waals surface area contributed by atoms with E-state index in [-0.39, 0.29) is 6.04 Å². The minimum Gasteiger partial charge on any atom is -0.271 e. The molecule has 1 unspecified atom stereocenters. The van der Waals surface area contributed by atoms with Gasteiger partial charge >= 0.3 is 0 Å². The van der Waals surface area contributed by atoms with Gasteiger partial charge in [-0.05, 0) is 37.5 Å². The van der Waals surface area contributed by atoms with E-state index < -0.39 is 0 Å². The summed E-state index contributed by atoms with van der Waals surface area (Å²) in [4.78, 5) is 0. The fourth-order valence-corrected chi connectivity index (χ4v) is 3.67. The number of hydrogen-bond donors (Lipinski definition) is 2. The maximum atomic E-state index is 6.19. The second kappa shape index (κ2) is 6.25. The molecule has 0 amide bonds. The van der Waals surface area contributed by atoms with E-state index >= 15 is 0 Å². The smallest absolute Gasteiger partial charge is 0.0992 e. The number of hydrogen-bond acceptors (Lipinski definition) is 3. The first-order valence-electron chi connectivity index (χ1n) is 5.98. The Hall–Kier alpha value is -0.580. The Morgan fingerprint density at radius 1 is 1.26 bits per heavy atom. The van der Waals surface area contributed by atoms with Crippen LogP contribution in [0.4, 0.5) is 0 Å². The van der Waals surface area contributed by atoms with Crippen molar-refractivity contribution in [2.24, 2.45) is 5.84 Å². The molecule has 1 aromatic carbocycles. The van der Waals surface area contributed by atoms with Crippen LogP contribution in [0.25, 0.3) is 0 Å². The number of halogens is 2. The van der Waals surface area contributed by atoms with Gasteiger partial charge in [0.25, 0.3) is 0 Å². The molecule has 102 valence electrons. The van der Waals surface area contributed by atoms with Crippen LogP contribution in [-0.4, -0.2) is 0 Å². The summed E-state index contributed by atoms with van der Waals surface area (Å²) in [6.45, 7) is 4.19. The SMILES string of the molecule is Cc1ccc(C)c(CC(NN)c2cc(Cl)sc2Cl)c1. The number of hydrazine groups is 1. The topological polar surface area (TPSA) is 38.0 Å². The molecule has 0 aliphatic rings. The van der Waals surface area contributed by atoms with E-state index in [9.17, 15) is 0 Å². The molecule has 5 heteroatoms. The first kappa shape index (κ1) is 14.8. The molecule has 19 heavy (non-hydrogen) atoms. The van der Waals surface area contributed by atoms with Crippen LogP contribution >= 0.6 is 34.5 Å². The third kappa shape index (κ3) is 3.50. The van der Waals surface area contributed by atoms with Crippen molar-refractivity contribution >= 4 is 34.5 Å². The molecule has 0 saturated carbocycles. The minimum absolute atomic E-state index is 0.0308. The van der Waals surface area contributed by atoms with Crippen molar-refractivity contribution in [2.45, 2.75) is 26.3 Å². The zero-order valence-electron chi connectivity index (χ0n) is 10.8. The molecule has 2 nitrogen and oxygen atoms in total. The number of rotatable bonds is 4. The normalized spacial score (nSPS) is 12.7. The van der Waals surface area contributed by atoms with Crippen LogP contribution in [0.15, 0.2) is 24.3 Å². The third-order valence-corrected chi connectivity index (χ3v) is 4.71. The van der Waals surface area contributed by atoms with Crippen LogP contribution in [0.3, 0.4) is 0 Å². The molecule has 1 aromatic heterocycles. The summed E-state index contributed by atoms with van der Waals surface area (Å²) >= 11 is 13.6. The zero-order chi connectivity index (χ0) is 14.0. The highest BCUT2D eigenvalue weighted by Crippen LogP contribution is 2.36. The number of thiophene rings is 1. The van der Waals surface area contributed by atoms with Crippen LogP contribution in [0.5, 0.6) is 0 Å². The summed E-state index contributed by atoms with van der Waals surface area (Å²) in [5.41, 5.74) is 7.55. The van der Waals surface area contributed by atoms with Gasteiger partial charge in [-0.1, -0.05) is 47.0 Å². The van der Waals surface area contributed by atoms with Crippen LogP contribution in [0, 0.1) is 13.8 Å². The molecule has 0 fully saturated rings. The van der Waals surface area contributed by atoms with Crippen LogP contribution in [0.2, 0.25) is 8.67 Å².